The molecule has 0 heterocycles. The van der Waals surface area contributed by atoms with Crippen LogP contribution >= 0.6 is 22.6 Å². The van der Waals surface area contributed by atoms with Crippen molar-refractivity contribution in [1.29, 1.82) is 0 Å². The van der Waals surface area contributed by atoms with Gasteiger partial charge >= 0.3 is 11.9 Å². The maximum atomic E-state index is 11.8. The highest BCUT2D eigenvalue weighted by Crippen LogP contribution is 2.06. The molecule has 7 heteroatoms. The van der Waals surface area contributed by atoms with Crippen molar-refractivity contribution >= 4 is 34.5 Å². The van der Waals surface area contributed by atoms with Crippen molar-refractivity contribution in [3.63, 3.8) is 0 Å². The first kappa shape index (κ1) is 34.2. The molecule has 0 fully saturated rings. The minimum absolute atomic E-state index is 0.181. The zero-order valence-corrected chi connectivity index (χ0v) is 23.8. The number of rotatable bonds is 11. The van der Waals surface area contributed by atoms with Crippen molar-refractivity contribution in [1.82, 2.24) is 0 Å². The summed E-state index contributed by atoms with van der Waals surface area (Å²) in [6.07, 6.45) is 0. The minimum Gasteiger partial charge on any atom is -0.460 e. The maximum absolute atomic E-state index is 11.8. The van der Waals surface area contributed by atoms with Crippen LogP contribution in [-0.4, -0.2) is 56.5 Å². The molecule has 0 aliphatic heterocycles. The first-order chi connectivity index (χ1) is 16.6. The van der Waals surface area contributed by atoms with Crippen molar-refractivity contribution < 1.29 is 28.5 Å². The Morgan fingerprint density at radius 1 is 0.618 bits per heavy atom. The normalized spacial score (nSPS) is 9.18. The number of carbonyl (C=O) groups is 2. The average Bonchev–Trinajstić information content (AvgIpc) is 2.88. The molecule has 0 atom stereocenters. The molecule has 0 bridgehead atoms. The molecular weight excluding hydrogens is 547 g/mol. The summed E-state index contributed by atoms with van der Waals surface area (Å²) in [7, 11) is 0. The quantitative estimate of drug-likeness (QED) is 0.130. The summed E-state index contributed by atoms with van der Waals surface area (Å²) in [4.78, 5) is 25.6. The summed E-state index contributed by atoms with van der Waals surface area (Å²) in [5.41, 5.74) is 3.08. The Morgan fingerprint density at radius 3 is 1.26 bits per heavy atom. The van der Waals surface area contributed by atoms with E-state index in [1.165, 1.54) is 0 Å². The van der Waals surface area contributed by atoms with E-state index in [0.717, 1.165) is 11.1 Å². The molecule has 0 aliphatic carbocycles. The van der Waals surface area contributed by atoms with Crippen molar-refractivity contribution in [2.24, 2.45) is 0 Å². The topological polar surface area (TPSA) is 71.1 Å². The van der Waals surface area contributed by atoms with Gasteiger partial charge in [0.2, 0.25) is 0 Å². The summed E-state index contributed by atoms with van der Waals surface area (Å²) >= 11 is 2.15. The van der Waals surface area contributed by atoms with Crippen LogP contribution in [-0.2, 0) is 18.9 Å². The number of alkyl halides is 1. The van der Waals surface area contributed by atoms with E-state index in [9.17, 15) is 9.59 Å². The van der Waals surface area contributed by atoms with E-state index in [0.29, 0.717) is 37.6 Å². The van der Waals surface area contributed by atoms with Crippen molar-refractivity contribution in [2.75, 3.05) is 44.6 Å². The molecule has 2 aromatic carbocycles. The molecule has 0 unspecified atom stereocenters. The van der Waals surface area contributed by atoms with E-state index in [2.05, 4.69) is 22.6 Å². The first-order valence-corrected chi connectivity index (χ1v) is 13.7. The van der Waals surface area contributed by atoms with Crippen LogP contribution in [0.1, 0.15) is 59.5 Å². The molecule has 0 saturated carbocycles. The largest absolute Gasteiger partial charge is 0.460 e. The first-order valence-electron chi connectivity index (χ1n) is 11.6. The zero-order chi connectivity index (χ0) is 26.2. The molecule has 0 spiro atoms. The van der Waals surface area contributed by atoms with Gasteiger partial charge in [-0.1, -0.05) is 85.7 Å². The minimum atomic E-state index is -0.362. The third kappa shape index (κ3) is 16.6. The molecule has 34 heavy (non-hydrogen) atoms. The lowest BCUT2D eigenvalue weighted by Gasteiger charge is -2.08. The Labute approximate surface area is 219 Å². The van der Waals surface area contributed by atoms with Crippen LogP contribution in [0.3, 0.4) is 0 Å². The van der Waals surface area contributed by atoms with Crippen LogP contribution in [0.2, 0.25) is 0 Å². The van der Waals surface area contributed by atoms with Gasteiger partial charge in [0.15, 0.2) is 0 Å². The van der Waals surface area contributed by atoms with Gasteiger partial charge in [0.25, 0.3) is 0 Å². The van der Waals surface area contributed by atoms with Gasteiger partial charge in [0.05, 0.1) is 37.6 Å². The standard InChI is InChI=1S/C22H26O6.2C2H6.CH3I/c1-17-5-3-7-19(15-17)21(23)27-13-11-25-9-10-26-12-14-28-22(24)20-8-4-6-18(2)16-20;3*1-2/h3-8,15-16H,9-14H2,1-2H3;2*1-2H3;1H3. The van der Waals surface area contributed by atoms with E-state index in [4.69, 9.17) is 18.9 Å². The van der Waals surface area contributed by atoms with Gasteiger partial charge < -0.3 is 18.9 Å². The molecule has 0 radical (unpaired) electrons. The van der Waals surface area contributed by atoms with Crippen molar-refractivity contribution in [3.05, 3.63) is 70.8 Å². The van der Waals surface area contributed by atoms with Gasteiger partial charge in [0, 0.05) is 0 Å². The third-order valence-corrected chi connectivity index (χ3v) is 3.80. The number of hydrogen-bond donors (Lipinski definition) is 0. The lowest BCUT2D eigenvalue weighted by molar-refractivity contribution is 0.00229. The summed E-state index contributed by atoms with van der Waals surface area (Å²) in [5.74, 6) is -0.724. The molecule has 0 aliphatic rings. The predicted octanol–water partition coefficient (Wildman–Crippen LogP) is 6.45. The van der Waals surface area contributed by atoms with E-state index in [1.807, 2.05) is 70.7 Å². The number of carbonyl (C=O) groups excluding carboxylic acids is 2. The van der Waals surface area contributed by atoms with Crippen LogP contribution in [0.4, 0.5) is 0 Å². The highest BCUT2D eigenvalue weighted by atomic mass is 127. The lowest BCUT2D eigenvalue weighted by Crippen LogP contribution is -2.15. The molecule has 2 aromatic rings. The second-order valence-electron chi connectivity index (χ2n) is 6.24. The highest BCUT2D eigenvalue weighted by molar-refractivity contribution is 14.1. The lowest BCUT2D eigenvalue weighted by atomic mass is 10.1. The van der Waals surface area contributed by atoms with Gasteiger partial charge in [0.1, 0.15) is 13.2 Å². The number of ether oxygens (including phenoxy) is 4. The fourth-order valence-corrected chi connectivity index (χ4v) is 2.42. The Bertz CT molecular complexity index is 714. The maximum Gasteiger partial charge on any atom is 0.338 e. The van der Waals surface area contributed by atoms with Crippen LogP contribution < -0.4 is 0 Å². The van der Waals surface area contributed by atoms with Crippen molar-refractivity contribution in [3.8, 4) is 0 Å². The number of aryl methyl sites for hydroxylation is 2. The summed E-state index contributed by atoms with van der Waals surface area (Å²) in [5, 5.41) is 0. The van der Waals surface area contributed by atoms with E-state index in [-0.39, 0.29) is 25.2 Å². The number of hydrogen-bond acceptors (Lipinski definition) is 6. The second-order valence-corrected chi connectivity index (χ2v) is 6.24. The van der Waals surface area contributed by atoms with Gasteiger partial charge in [-0.2, -0.15) is 0 Å². The molecule has 0 aromatic heterocycles. The molecular formula is C27H41IO6. The fourth-order valence-electron chi connectivity index (χ4n) is 2.42. The molecule has 0 saturated heterocycles. The number of benzene rings is 2. The van der Waals surface area contributed by atoms with E-state index in [1.54, 1.807) is 24.3 Å². The smallest absolute Gasteiger partial charge is 0.338 e. The summed E-state index contributed by atoms with van der Waals surface area (Å²) < 4.78 is 21.0. The van der Waals surface area contributed by atoms with Gasteiger partial charge in [-0.25, -0.2) is 9.59 Å². The zero-order valence-electron chi connectivity index (χ0n) is 21.7. The highest BCUT2D eigenvalue weighted by Gasteiger charge is 2.07. The fraction of sp³-hybridized carbons (Fsp3) is 0.481. The number of halogens is 1. The molecule has 6 nitrogen and oxygen atoms in total. The molecule has 192 valence electrons. The SMILES string of the molecule is CC.CC.CI.Cc1cccc(C(=O)OCCOCCOCCOC(=O)c2cccc(C)c2)c1. The third-order valence-electron chi connectivity index (χ3n) is 3.80. The Hall–Kier alpha value is -1.97. The molecule has 2 rings (SSSR count). The van der Waals surface area contributed by atoms with E-state index < -0.39 is 0 Å². The van der Waals surface area contributed by atoms with Gasteiger partial charge in [-0.05, 0) is 43.0 Å². The predicted molar refractivity (Wildman–Crippen MR) is 147 cm³/mol. The molecule has 0 N–H and O–H groups in total. The van der Waals surface area contributed by atoms with Gasteiger partial charge in [-0.3, -0.25) is 0 Å². The second kappa shape index (κ2) is 24.2. The Balaban J connectivity index is 0. The van der Waals surface area contributed by atoms with E-state index >= 15 is 0 Å². The Kier molecular flexibility index (Phi) is 24.3. The molecule has 0 amide bonds. The van der Waals surface area contributed by atoms with Crippen LogP contribution in [0.5, 0.6) is 0 Å². The number of esters is 2. The monoisotopic (exact) mass is 588 g/mol. The van der Waals surface area contributed by atoms with Crippen LogP contribution in [0, 0.1) is 13.8 Å². The summed E-state index contributed by atoms with van der Waals surface area (Å²) in [6.45, 7) is 13.5. The van der Waals surface area contributed by atoms with Crippen LogP contribution in [0.15, 0.2) is 48.5 Å². The van der Waals surface area contributed by atoms with Crippen LogP contribution in [0.25, 0.3) is 0 Å². The summed E-state index contributed by atoms with van der Waals surface area (Å²) in [6, 6.07) is 14.5. The average molecular weight is 589 g/mol. The van der Waals surface area contributed by atoms with Crippen molar-refractivity contribution in [2.45, 2.75) is 41.5 Å². The Morgan fingerprint density at radius 2 is 0.941 bits per heavy atom. The van der Waals surface area contributed by atoms with Gasteiger partial charge in [-0.15, -0.1) is 0 Å².